The molecular weight excluding hydrogens is 290 g/mol. The summed E-state index contributed by atoms with van der Waals surface area (Å²) in [5.41, 5.74) is 0.674. The number of hydrogen-bond donors (Lipinski definition) is 1. The van der Waals surface area contributed by atoms with Crippen LogP contribution in [0, 0.1) is 0 Å². The second-order valence-electron chi connectivity index (χ2n) is 4.83. The van der Waals surface area contributed by atoms with Crippen LogP contribution in [-0.2, 0) is 16.3 Å². The largest absolute Gasteiger partial charge is 0.478 e. The normalized spacial score (nSPS) is 11.8. The molecule has 0 bridgehead atoms. The monoisotopic (exact) mass is 313 g/mol. The number of aromatic carboxylic acids is 1. The van der Waals surface area contributed by atoms with Gasteiger partial charge in [-0.3, -0.25) is 0 Å². The van der Waals surface area contributed by atoms with Gasteiger partial charge in [0.15, 0.2) is 9.84 Å². The van der Waals surface area contributed by atoms with Crippen LogP contribution < -0.4 is 0 Å². The Morgan fingerprint density at radius 1 is 1.19 bits per heavy atom. The average molecular weight is 313 g/mol. The Hall–Kier alpha value is -1.40. The third-order valence-corrected chi connectivity index (χ3v) is 5.37. The lowest BCUT2D eigenvalue weighted by molar-refractivity contribution is 0.0696. The molecule has 0 heterocycles. The molecule has 0 saturated carbocycles. The molecule has 0 aromatic heterocycles. The minimum Gasteiger partial charge on any atom is -0.478 e. The van der Waals surface area contributed by atoms with E-state index in [2.05, 4.69) is 0 Å². The fourth-order valence-corrected chi connectivity index (χ4v) is 3.81. The average Bonchev–Trinajstić information content (AvgIpc) is 2.47. The summed E-state index contributed by atoms with van der Waals surface area (Å²) in [6.45, 7) is 7.87. The highest BCUT2D eigenvalue weighted by molar-refractivity contribution is 7.91. The summed E-state index contributed by atoms with van der Waals surface area (Å²) in [5, 5.41) is 9.03. The maximum Gasteiger partial charge on any atom is 0.335 e. The maximum atomic E-state index is 12.5. The van der Waals surface area contributed by atoms with E-state index < -0.39 is 15.8 Å². The van der Waals surface area contributed by atoms with Crippen LogP contribution in [0.5, 0.6) is 0 Å². The molecule has 0 aliphatic rings. The van der Waals surface area contributed by atoms with Crippen molar-refractivity contribution in [2.24, 2.45) is 0 Å². The van der Waals surface area contributed by atoms with Gasteiger partial charge >= 0.3 is 5.97 Å². The standard InChI is InChI=1S/C15H23NO4S/c1-4-12-7-8-13(15(17)18)11-14(12)21(19,20)10-9-16(5-2)6-3/h7-8,11H,4-6,9-10H2,1-3H3,(H,17,18). The first-order chi connectivity index (χ1) is 9.85. The number of rotatable bonds is 8. The Bertz CT molecular complexity index is 592. The van der Waals surface area contributed by atoms with E-state index in [1.807, 2.05) is 25.7 Å². The molecule has 21 heavy (non-hydrogen) atoms. The highest BCUT2D eigenvalue weighted by Gasteiger charge is 2.20. The zero-order chi connectivity index (χ0) is 16.0. The van der Waals surface area contributed by atoms with Crippen LogP contribution in [0.2, 0.25) is 0 Å². The van der Waals surface area contributed by atoms with Crippen molar-refractivity contribution >= 4 is 15.8 Å². The number of nitrogens with zero attached hydrogens (tertiary/aromatic N) is 1. The van der Waals surface area contributed by atoms with Crippen molar-refractivity contribution in [2.75, 3.05) is 25.4 Å². The highest BCUT2D eigenvalue weighted by atomic mass is 32.2. The molecule has 1 rings (SSSR count). The summed E-state index contributed by atoms with van der Waals surface area (Å²) in [7, 11) is -3.48. The van der Waals surface area contributed by atoms with Crippen LogP contribution in [0.4, 0.5) is 0 Å². The zero-order valence-electron chi connectivity index (χ0n) is 12.8. The molecular formula is C15H23NO4S. The molecule has 1 N–H and O–H groups in total. The van der Waals surface area contributed by atoms with Gasteiger partial charge in [0.05, 0.1) is 16.2 Å². The van der Waals surface area contributed by atoms with Crippen LogP contribution >= 0.6 is 0 Å². The van der Waals surface area contributed by atoms with Crippen LogP contribution in [-0.4, -0.2) is 49.8 Å². The smallest absolute Gasteiger partial charge is 0.335 e. The van der Waals surface area contributed by atoms with Crippen LogP contribution in [0.1, 0.15) is 36.7 Å². The molecule has 0 saturated heterocycles. The molecule has 1 aromatic carbocycles. The van der Waals surface area contributed by atoms with Crippen molar-refractivity contribution in [3.05, 3.63) is 29.3 Å². The van der Waals surface area contributed by atoms with Gasteiger partial charge in [0.2, 0.25) is 0 Å². The summed E-state index contributed by atoms with van der Waals surface area (Å²) in [6, 6.07) is 4.32. The minimum absolute atomic E-state index is 0.00471. The van der Waals surface area contributed by atoms with Crippen molar-refractivity contribution < 1.29 is 18.3 Å². The van der Waals surface area contributed by atoms with Crippen molar-refractivity contribution in [1.29, 1.82) is 0 Å². The van der Waals surface area contributed by atoms with Gasteiger partial charge in [-0.1, -0.05) is 26.8 Å². The van der Waals surface area contributed by atoms with Gasteiger partial charge in [-0.25, -0.2) is 13.2 Å². The van der Waals surface area contributed by atoms with Crippen molar-refractivity contribution in [3.8, 4) is 0 Å². The van der Waals surface area contributed by atoms with E-state index in [0.29, 0.717) is 18.5 Å². The SMILES string of the molecule is CCc1ccc(C(=O)O)cc1S(=O)(=O)CCN(CC)CC. The second kappa shape index (κ2) is 7.56. The summed E-state index contributed by atoms with van der Waals surface area (Å²) < 4.78 is 25.0. The molecule has 0 atom stereocenters. The van der Waals surface area contributed by atoms with E-state index in [1.54, 1.807) is 6.07 Å². The van der Waals surface area contributed by atoms with E-state index in [0.717, 1.165) is 13.1 Å². The summed E-state index contributed by atoms with van der Waals surface area (Å²) in [4.78, 5) is 13.2. The van der Waals surface area contributed by atoms with Gasteiger partial charge in [0.25, 0.3) is 0 Å². The molecule has 0 aliphatic carbocycles. The van der Waals surface area contributed by atoms with E-state index >= 15 is 0 Å². The lowest BCUT2D eigenvalue weighted by Gasteiger charge is -2.18. The Labute approximate surface area is 126 Å². The fourth-order valence-electron chi connectivity index (χ4n) is 2.17. The quantitative estimate of drug-likeness (QED) is 0.795. The molecule has 0 fully saturated rings. The molecule has 0 spiro atoms. The van der Waals surface area contributed by atoms with E-state index in [4.69, 9.17) is 5.11 Å². The van der Waals surface area contributed by atoms with E-state index in [-0.39, 0.29) is 16.2 Å². The number of carbonyl (C=O) groups is 1. The zero-order valence-corrected chi connectivity index (χ0v) is 13.6. The molecule has 0 amide bonds. The molecule has 0 unspecified atom stereocenters. The van der Waals surface area contributed by atoms with Crippen LogP contribution in [0.3, 0.4) is 0 Å². The Morgan fingerprint density at radius 3 is 2.29 bits per heavy atom. The third-order valence-electron chi connectivity index (χ3n) is 3.60. The first-order valence-corrected chi connectivity index (χ1v) is 8.82. The van der Waals surface area contributed by atoms with Gasteiger partial charge in [0.1, 0.15) is 0 Å². The van der Waals surface area contributed by atoms with Crippen molar-refractivity contribution in [1.82, 2.24) is 4.90 Å². The minimum atomic E-state index is -3.48. The fraction of sp³-hybridized carbons (Fsp3) is 0.533. The van der Waals surface area contributed by atoms with Crippen molar-refractivity contribution in [3.63, 3.8) is 0 Å². The third kappa shape index (κ3) is 4.54. The molecule has 5 nitrogen and oxygen atoms in total. The lowest BCUT2D eigenvalue weighted by Crippen LogP contribution is -2.29. The van der Waals surface area contributed by atoms with Crippen LogP contribution in [0.25, 0.3) is 0 Å². The summed E-state index contributed by atoms with van der Waals surface area (Å²) in [5.74, 6) is -1.11. The number of sulfone groups is 1. The van der Waals surface area contributed by atoms with Gasteiger partial charge in [-0.2, -0.15) is 0 Å². The van der Waals surface area contributed by atoms with E-state index in [9.17, 15) is 13.2 Å². The molecule has 6 heteroatoms. The predicted octanol–water partition coefficient (Wildman–Crippen LogP) is 2.06. The van der Waals surface area contributed by atoms with Gasteiger partial charge < -0.3 is 10.0 Å². The number of carboxylic acid groups (broad SMARTS) is 1. The summed E-state index contributed by atoms with van der Waals surface area (Å²) in [6.07, 6.45) is 0.555. The second-order valence-corrected chi connectivity index (χ2v) is 6.90. The Kier molecular flexibility index (Phi) is 6.36. The number of carboxylic acids is 1. The maximum absolute atomic E-state index is 12.5. The topological polar surface area (TPSA) is 74.7 Å². The molecule has 1 aromatic rings. The Balaban J connectivity index is 3.11. The van der Waals surface area contributed by atoms with Crippen LogP contribution in [0.15, 0.2) is 23.1 Å². The highest BCUT2D eigenvalue weighted by Crippen LogP contribution is 2.20. The Morgan fingerprint density at radius 2 is 1.81 bits per heavy atom. The van der Waals surface area contributed by atoms with Gasteiger partial charge in [-0.15, -0.1) is 0 Å². The van der Waals surface area contributed by atoms with Gasteiger partial charge in [0, 0.05) is 6.54 Å². The van der Waals surface area contributed by atoms with Crippen molar-refractivity contribution in [2.45, 2.75) is 32.1 Å². The number of benzene rings is 1. The molecule has 118 valence electrons. The van der Waals surface area contributed by atoms with Gasteiger partial charge in [-0.05, 0) is 37.2 Å². The number of aryl methyl sites for hydroxylation is 1. The lowest BCUT2D eigenvalue weighted by atomic mass is 10.1. The molecule has 0 aliphatic heterocycles. The summed E-state index contributed by atoms with van der Waals surface area (Å²) >= 11 is 0. The number of hydrogen-bond acceptors (Lipinski definition) is 4. The van der Waals surface area contributed by atoms with E-state index in [1.165, 1.54) is 12.1 Å². The molecule has 0 radical (unpaired) electrons. The predicted molar refractivity (Wildman–Crippen MR) is 82.6 cm³/mol. The first kappa shape index (κ1) is 17.7. The first-order valence-electron chi connectivity index (χ1n) is 7.17.